The summed E-state index contributed by atoms with van der Waals surface area (Å²) in [6.45, 7) is 0. The summed E-state index contributed by atoms with van der Waals surface area (Å²) in [4.78, 5) is 14.6. The first-order valence-corrected chi connectivity index (χ1v) is 9.10. The van der Waals surface area contributed by atoms with E-state index in [0.717, 1.165) is 36.6 Å². The van der Waals surface area contributed by atoms with Crippen molar-refractivity contribution in [3.8, 4) is 0 Å². The second-order valence-corrected chi connectivity index (χ2v) is 7.47. The number of hydrogen-bond donors (Lipinski definition) is 2. The van der Waals surface area contributed by atoms with Gasteiger partial charge in [0.2, 0.25) is 0 Å². The summed E-state index contributed by atoms with van der Waals surface area (Å²) < 4.78 is 0. The number of H-pyrrole nitrogens is 1. The summed E-state index contributed by atoms with van der Waals surface area (Å²) in [5.41, 5.74) is 8.69. The number of nitrogens with two attached hydrogens (primary N) is 1. The van der Waals surface area contributed by atoms with Crippen LogP contribution in [0.1, 0.15) is 42.7 Å². The predicted octanol–water partition coefficient (Wildman–Crippen LogP) is 4.69. The zero-order chi connectivity index (χ0) is 17.4. The number of aromatic amines is 1. The van der Waals surface area contributed by atoms with E-state index in [-0.39, 0.29) is 11.1 Å². The predicted molar refractivity (Wildman–Crippen MR) is 103 cm³/mol. The molecule has 0 bridgehead atoms. The Labute approximate surface area is 151 Å². The van der Waals surface area contributed by atoms with Gasteiger partial charge in [-0.25, -0.2) is 0 Å². The maximum absolute atomic E-state index is 11.9. The molecule has 4 heteroatoms. The Bertz CT molecular complexity index is 957. The minimum absolute atomic E-state index is 0.0975. The van der Waals surface area contributed by atoms with Gasteiger partial charge < -0.3 is 10.7 Å². The van der Waals surface area contributed by atoms with E-state index in [2.05, 4.69) is 23.2 Å². The van der Waals surface area contributed by atoms with Crippen LogP contribution in [0.25, 0.3) is 10.8 Å². The topological polar surface area (TPSA) is 58.9 Å². The van der Waals surface area contributed by atoms with Gasteiger partial charge in [-0.2, -0.15) is 0 Å². The molecule has 0 radical (unpaired) electrons. The minimum atomic E-state index is -0.252. The van der Waals surface area contributed by atoms with Crippen LogP contribution in [-0.4, -0.2) is 4.98 Å². The van der Waals surface area contributed by atoms with Crippen molar-refractivity contribution in [2.45, 2.75) is 37.1 Å². The molecule has 0 unspecified atom stereocenters. The van der Waals surface area contributed by atoms with Crippen molar-refractivity contribution < 1.29 is 0 Å². The Morgan fingerprint density at radius 3 is 2.52 bits per heavy atom. The number of nitrogens with one attached hydrogen (secondary N) is 1. The number of rotatable bonds is 2. The van der Waals surface area contributed by atoms with Crippen LogP contribution >= 0.6 is 11.6 Å². The van der Waals surface area contributed by atoms with Crippen molar-refractivity contribution in [3.05, 3.63) is 81.2 Å². The van der Waals surface area contributed by atoms with Crippen LogP contribution in [-0.2, 0) is 5.54 Å². The lowest BCUT2D eigenvalue weighted by Crippen LogP contribution is -2.40. The van der Waals surface area contributed by atoms with Gasteiger partial charge in [0.1, 0.15) is 0 Å². The SMILES string of the molecule is NC1(c2ccccc2)CCC(c2cc3cc[nH]c(=O)c3cc2Cl)CC1. The quantitative estimate of drug-likeness (QED) is 0.702. The molecule has 1 aliphatic rings. The fourth-order valence-corrected chi connectivity index (χ4v) is 4.36. The Morgan fingerprint density at radius 1 is 1.08 bits per heavy atom. The van der Waals surface area contributed by atoms with Crippen LogP contribution in [0.3, 0.4) is 0 Å². The smallest absolute Gasteiger partial charge is 0.255 e. The van der Waals surface area contributed by atoms with Crippen LogP contribution in [0.4, 0.5) is 0 Å². The van der Waals surface area contributed by atoms with Gasteiger partial charge in [-0.1, -0.05) is 41.9 Å². The lowest BCUT2D eigenvalue weighted by Gasteiger charge is -2.38. The van der Waals surface area contributed by atoms with E-state index in [1.54, 1.807) is 12.3 Å². The summed E-state index contributed by atoms with van der Waals surface area (Å²) in [6, 6.07) is 16.2. The third kappa shape index (κ3) is 2.99. The average Bonchev–Trinajstić information content (AvgIpc) is 2.64. The van der Waals surface area contributed by atoms with Gasteiger partial charge in [0.05, 0.1) is 0 Å². The summed E-state index contributed by atoms with van der Waals surface area (Å²) >= 11 is 6.51. The maximum atomic E-state index is 11.9. The van der Waals surface area contributed by atoms with E-state index < -0.39 is 0 Å². The number of aromatic nitrogens is 1. The van der Waals surface area contributed by atoms with Gasteiger partial charge in [-0.05, 0) is 66.3 Å². The second-order valence-electron chi connectivity index (χ2n) is 7.06. The van der Waals surface area contributed by atoms with E-state index in [1.807, 2.05) is 24.3 Å². The molecule has 3 N–H and O–H groups in total. The number of halogens is 1. The molecular formula is C21H21ClN2O. The van der Waals surface area contributed by atoms with Crippen molar-refractivity contribution in [3.63, 3.8) is 0 Å². The first-order chi connectivity index (χ1) is 12.1. The summed E-state index contributed by atoms with van der Waals surface area (Å²) in [5.74, 6) is 0.386. The molecule has 1 aromatic heterocycles. The molecule has 3 aromatic rings. The number of benzene rings is 2. The van der Waals surface area contributed by atoms with Crippen molar-refractivity contribution in [1.82, 2.24) is 4.98 Å². The molecule has 1 aliphatic carbocycles. The van der Waals surface area contributed by atoms with Gasteiger partial charge in [0.25, 0.3) is 5.56 Å². The van der Waals surface area contributed by atoms with E-state index >= 15 is 0 Å². The highest BCUT2D eigenvalue weighted by Crippen LogP contribution is 2.43. The molecule has 1 fully saturated rings. The molecule has 1 saturated carbocycles. The lowest BCUT2D eigenvalue weighted by molar-refractivity contribution is 0.277. The summed E-state index contributed by atoms with van der Waals surface area (Å²) in [5, 5.41) is 2.26. The van der Waals surface area contributed by atoms with Crippen LogP contribution < -0.4 is 11.3 Å². The normalized spacial score (nSPS) is 23.7. The van der Waals surface area contributed by atoms with Gasteiger partial charge in [0, 0.05) is 22.1 Å². The molecule has 0 spiro atoms. The highest BCUT2D eigenvalue weighted by Gasteiger charge is 2.34. The van der Waals surface area contributed by atoms with Crippen molar-refractivity contribution in [1.29, 1.82) is 0 Å². The van der Waals surface area contributed by atoms with E-state index in [0.29, 0.717) is 16.3 Å². The highest BCUT2D eigenvalue weighted by molar-refractivity contribution is 6.32. The van der Waals surface area contributed by atoms with Crippen LogP contribution in [0.15, 0.2) is 59.5 Å². The third-order valence-corrected chi connectivity index (χ3v) is 5.88. The standard InChI is InChI=1S/C21H21ClN2O/c22-19-13-18-15(8-11-24-20(18)25)12-17(19)14-6-9-21(23,10-7-14)16-4-2-1-3-5-16/h1-5,8,11-14H,6-7,9-10,23H2,(H,24,25). The first kappa shape index (κ1) is 16.4. The molecule has 0 amide bonds. The van der Waals surface area contributed by atoms with Gasteiger partial charge in [-0.15, -0.1) is 0 Å². The Hall–Kier alpha value is -2.10. The number of pyridine rings is 1. The van der Waals surface area contributed by atoms with E-state index in [4.69, 9.17) is 17.3 Å². The molecule has 0 aliphatic heterocycles. The molecule has 25 heavy (non-hydrogen) atoms. The molecular weight excluding hydrogens is 332 g/mol. The molecule has 2 aromatic carbocycles. The van der Waals surface area contributed by atoms with Crippen LogP contribution in [0.2, 0.25) is 5.02 Å². The van der Waals surface area contributed by atoms with Crippen molar-refractivity contribution in [2.24, 2.45) is 5.73 Å². The monoisotopic (exact) mass is 352 g/mol. The van der Waals surface area contributed by atoms with Crippen LogP contribution in [0, 0.1) is 0 Å². The lowest BCUT2D eigenvalue weighted by atomic mass is 9.71. The number of hydrogen-bond acceptors (Lipinski definition) is 2. The fourth-order valence-electron chi connectivity index (χ4n) is 4.04. The fraction of sp³-hybridized carbons (Fsp3) is 0.286. The van der Waals surface area contributed by atoms with Crippen LogP contribution in [0.5, 0.6) is 0 Å². The molecule has 4 rings (SSSR count). The largest absolute Gasteiger partial charge is 0.329 e. The first-order valence-electron chi connectivity index (χ1n) is 8.72. The Morgan fingerprint density at radius 2 is 1.80 bits per heavy atom. The van der Waals surface area contributed by atoms with Gasteiger partial charge in [0.15, 0.2) is 0 Å². The molecule has 1 heterocycles. The third-order valence-electron chi connectivity index (χ3n) is 5.56. The summed E-state index contributed by atoms with van der Waals surface area (Å²) in [7, 11) is 0. The Kier molecular flexibility index (Phi) is 4.14. The molecule has 128 valence electrons. The highest BCUT2D eigenvalue weighted by atomic mass is 35.5. The van der Waals surface area contributed by atoms with Gasteiger partial charge >= 0.3 is 0 Å². The molecule has 3 nitrogen and oxygen atoms in total. The van der Waals surface area contributed by atoms with Gasteiger partial charge in [-0.3, -0.25) is 4.79 Å². The van der Waals surface area contributed by atoms with E-state index in [9.17, 15) is 4.79 Å². The summed E-state index contributed by atoms with van der Waals surface area (Å²) in [6.07, 6.45) is 5.56. The van der Waals surface area contributed by atoms with Crippen molar-refractivity contribution >= 4 is 22.4 Å². The van der Waals surface area contributed by atoms with E-state index in [1.165, 1.54) is 5.56 Å². The van der Waals surface area contributed by atoms with Crippen molar-refractivity contribution in [2.75, 3.05) is 0 Å². The Balaban J connectivity index is 1.62. The second kappa shape index (κ2) is 6.32. The molecule has 0 saturated heterocycles. The maximum Gasteiger partial charge on any atom is 0.255 e. The molecule has 0 atom stereocenters. The average molecular weight is 353 g/mol. The zero-order valence-electron chi connectivity index (χ0n) is 14.0. The number of fused-ring (bicyclic) bond motifs is 1. The minimum Gasteiger partial charge on any atom is -0.329 e. The zero-order valence-corrected chi connectivity index (χ0v) is 14.7.